The summed E-state index contributed by atoms with van der Waals surface area (Å²) in [6.07, 6.45) is 1.47. The number of benzene rings is 1. The highest BCUT2D eigenvalue weighted by Gasteiger charge is 2.09. The van der Waals surface area contributed by atoms with Gasteiger partial charge in [0.2, 0.25) is 0 Å². The van der Waals surface area contributed by atoms with Crippen molar-refractivity contribution in [3.63, 3.8) is 0 Å². The molecule has 6 heteroatoms. The van der Waals surface area contributed by atoms with Crippen molar-refractivity contribution in [1.82, 2.24) is 4.98 Å². The third kappa shape index (κ3) is 3.23. The second kappa shape index (κ2) is 5.71. The zero-order valence-electron chi connectivity index (χ0n) is 10.1. The van der Waals surface area contributed by atoms with Crippen LogP contribution in [-0.2, 0) is 4.74 Å². The minimum atomic E-state index is -0.519. The van der Waals surface area contributed by atoms with Gasteiger partial charge in [-0.2, -0.15) is 0 Å². The van der Waals surface area contributed by atoms with Crippen LogP contribution in [0.2, 0.25) is 0 Å². The zero-order valence-corrected chi connectivity index (χ0v) is 11.7. The van der Waals surface area contributed by atoms with Crippen LogP contribution in [0.1, 0.15) is 10.5 Å². The lowest BCUT2D eigenvalue weighted by Gasteiger charge is -2.09. The number of hydrogen-bond donors (Lipinski definition) is 1. The van der Waals surface area contributed by atoms with E-state index in [4.69, 9.17) is 10.5 Å². The van der Waals surface area contributed by atoms with Gasteiger partial charge in [0, 0.05) is 16.7 Å². The van der Waals surface area contributed by atoms with E-state index >= 15 is 0 Å². The molecule has 1 aromatic heterocycles. The molecule has 5 nitrogen and oxygen atoms in total. The van der Waals surface area contributed by atoms with Crippen molar-refractivity contribution in [2.24, 2.45) is 0 Å². The van der Waals surface area contributed by atoms with Crippen LogP contribution in [0.3, 0.4) is 0 Å². The maximum atomic E-state index is 11.4. The van der Waals surface area contributed by atoms with Crippen LogP contribution in [-0.4, -0.2) is 18.1 Å². The summed E-state index contributed by atoms with van der Waals surface area (Å²) in [6, 6.07) is 8.41. The molecule has 0 radical (unpaired) electrons. The first kappa shape index (κ1) is 13.4. The van der Waals surface area contributed by atoms with E-state index in [0.717, 1.165) is 4.47 Å². The summed E-state index contributed by atoms with van der Waals surface area (Å²) in [7, 11) is 1.30. The summed E-state index contributed by atoms with van der Waals surface area (Å²) >= 11 is 3.31. The Kier molecular flexibility index (Phi) is 4.01. The molecule has 1 aromatic carbocycles. The van der Waals surface area contributed by atoms with E-state index in [1.165, 1.54) is 19.4 Å². The number of methoxy groups -OCH3 is 1. The van der Waals surface area contributed by atoms with Gasteiger partial charge in [-0.05, 0) is 24.3 Å². The molecule has 0 saturated heterocycles. The lowest BCUT2D eigenvalue weighted by atomic mass is 10.3. The van der Waals surface area contributed by atoms with E-state index in [9.17, 15) is 4.79 Å². The monoisotopic (exact) mass is 322 g/mol. The molecule has 98 valence electrons. The van der Waals surface area contributed by atoms with Crippen LogP contribution >= 0.6 is 15.9 Å². The molecule has 0 amide bonds. The van der Waals surface area contributed by atoms with Gasteiger partial charge in [0.1, 0.15) is 11.5 Å². The Morgan fingerprint density at radius 3 is 2.79 bits per heavy atom. The van der Waals surface area contributed by atoms with Gasteiger partial charge < -0.3 is 15.2 Å². The Morgan fingerprint density at radius 1 is 1.32 bits per heavy atom. The van der Waals surface area contributed by atoms with Crippen LogP contribution < -0.4 is 10.5 Å². The SMILES string of the molecule is COC(=O)c1cc(Oc2ccc(Br)cc2N)ccn1. The number of carbonyl (C=O) groups is 1. The molecule has 0 unspecified atom stereocenters. The van der Waals surface area contributed by atoms with E-state index in [1.54, 1.807) is 18.2 Å². The standard InChI is InChI=1S/C13H11BrN2O3/c1-18-13(17)11-7-9(4-5-16-11)19-12-3-2-8(14)6-10(12)15/h2-7H,15H2,1H3. The van der Waals surface area contributed by atoms with Crippen LogP contribution in [0.15, 0.2) is 41.0 Å². The lowest BCUT2D eigenvalue weighted by molar-refractivity contribution is 0.0593. The first-order valence-electron chi connectivity index (χ1n) is 5.37. The molecular weight excluding hydrogens is 312 g/mol. The lowest BCUT2D eigenvalue weighted by Crippen LogP contribution is -2.04. The minimum absolute atomic E-state index is 0.177. The molecule has 1 heterocycles. The smallest absolute Gasteiger partial charge is 0.356 e. The van der Waals surface area contributed by atoms with E-state index < -0.39 is 5.97 Å². The summed E-state index contributed by atoms with van der Waals surface area (Å²) in [5.74, 6) is 0.448. The highest BCUT2D eigenvalue weighted by molar-refractivity contribution is 9.10. The number of halogens is 1. The first-order valence-corrected chi connectivity index (χ1v) is 6.16. The molecule has 19 heavy (non-hydrogen) atoms. The van der Waals surface area contributed by atoms with Gasteiger partial charge in [-0.3, -0.25) is 0 Å². The summed E-state index contributed by atoms with van der Waals surface area (Å²) in [4.78, 5) is 15.3. The number of nitrogens with two attached hydrogens (primary N) is 1. The number of nitrogens with zero attached hydrogens (tertiary/aromatic N) is 1. The Balaban J connectivity index is 2.26. The van der Waals surface area contributed by atoms with Crippen molar-refractivity contribution < 1.29 is 14.3 Å². The third-order valence-corrected chi connectivity index (χ3v) is 2.82. The normalized spacial score (nSPS) is 10.0. The topological polar surface area (TPSA) is 74.4 Å². The molecule has 0 atom stereocenters. The molecule has 0 aliphatic heterocycles. The fourth-order valence-corrected chi connectivity index (χ4v) is 1.81. The van der Waals surface area contributed by atoms with Gasteiger partial charge in [-0.1, -0.05) is 15.9 Å². The molecular formula is C13H11BrN2O3. The van der Waals surface area contributed by atoms with E-state index in [-0.39, 0.29) is 5.69 Å². The second-order valence-corrected chi connectivity index (χ2v) is 4.57. The summed E-state index contributed by atoms with van der Waals surface area (Å²) in [5.41, 5.74) is 6.50. The predicted molar refractivity (Wildman–Crippen MR) is 74.2 cm³/mol. The number of esters is 1. The molecule has 2 rings (SSSR count). The summed E-state index contributed by atoms with van der Waals surface area (Å²) in [5, 5.41) is 0. The van der Waals surface area contributed by atoms with E-state index in [2.05, 4.69) is 25.7 Å². The summed E-state index contributed by atoms with van der Waals surface area (Å²) in [6.45, 7) is 0. The van der Waals surface area contributed by atoms with E-state index in [0.29, 0.717) is 17.2 Å². The molecule has 0 bridgehead atoms. The number of rotatable bonds is 3. The van der Waals surface area contributed by atoms with Crippen LogP contribution in [0.4, 0.5) is 5.69 Å². The van der Waals surface area contributed by atoms with Gasteiger partial charge in [-0.25, -0.2) is 9.78 Å². The number of nitrogen functional groups attached to an aromatic ring is 1. The Morgan fingerprint density at radius 2 is 2.11 bits per heavy atom. The average molecular weight is 323 g/mol. The number of hydrogen-bond acceptors (Lipinski definition) is 5. The third-order valence-electron chi connectivity index (χ3n) is 2.33. The fourth-order valence-electron chi connectivity index (χ4n) is 1.43. The average Bonchev–Trinajstić information content (AvgIpc) is 2.41. The molecule has 2 aromatic rings. The zero-order chi connectivity index (χ0) is 13.8. The van der Waals surface area contributed by atoms with E-state index in [1.807, 2.05) is 6.07 Å². The Bertz CT molecular complexity index is 617. The van der Waals surface area contributed by atoms with Crippen LogP contribution in [0, 0.1) is 0 Å². The van der Waals surface area contributed by atoms with Gasteiger partial charge in [0.05, 0.1) is 12.8 Å². The number of ether oxygens (including phenoxy) is 2. The molecule has 0 saturated carbocycles. The van der Waals surface area contributed by atoms with Crippen LogP contribution in [0.25, 0.3) is 0 Å². The second-order valence-electron chi connectivity index (χ2n) is 3.65. The maximum absolute atomic E-state index is 11.4. The maximum Gasteiger partial charge on any atom is 0.356 e. The number of pyridine rings is 1. The Hall–Kier alpha value is -2.08. The number of anilines is 1. The van der Waals surface area contributed by atoms with Crippen LogP contribution in [0.5, 0.6) is 11.5 Å². The number of carbonyl (C=O) groups excluding carboxylic acids is 1. The van der Waals surface area contributed by atoms with Crippen molar-refractivity contribution in [2.45, 2.75) is 0 Å². The van der Waals surface area contributed by atoms with Gasteiger partial charge >= 0.3 is 5.97 Å². The van der Waals surface area contributed by atoms with Crippen molar-refractivity contribution in [3.05, 3.63) is 46.7 Å². The summed E-state index contributed by atoms with van der Waals surface area (Å²) < 4.78 is 11.1. The van der Waals surface area contributed by atoms with Gasteiger partial charge in [0.25, 0.3) is 0 Å². The highest BCUT2D eigenvalue weighted by Crippen LogP contribution is 2.29. The number of aromatic nitrogens is 1. The molecule has 0 aliphatic rings. The Labute approximate surface area is 118 Å². The molecule has 0 fully saturated rings. The molecule has 0 spiro atoms. The highest BCUT2D eigenvalue weighted by atomic mass is 79.9. The van der Waals surface area contributed by atoms with Crippen molar-refractivity contribution >= 4 is 27.6 Å². The van der Waals surface area contributed by atoms with Crippen molar-refractivity contribution in [2.75, 3.05) is 12.8 Å². The van der Waals surface area contributed by atoms with Gasteiger partial charge in [0.15, 0.2) is 5.69 Å². The quantitative estimate of drug-likeness (QED) is 0.694. The first-order chi connectivity index (χ1) is 9.10. The minimum Gasteiger partial charge on any atom is -0.464 e. The predicted octanol–water partition coefficient (Wildman–Crippen LogP) is 3.01. The molecule has 0 aliphatic carbocycles. The van der Waals surface area contributed by atoms with Crippen molar-refractivity contribution in [1.29, 1.82) is 0 Å². The van der Waals surface area contributed by atoms with Gasteiger partial charge in [-0.15, -0.1) is 0 Å². The molecule has 2 N–H and O–H groups in total. The van der Waals surface area contributed by atoms with Crippen molar-refractivity contribution in [3.8, 4) is 11.5 Å². The fraction of sp³-hybridized carbons (Fsp3) is 0.0769. The largest absolute Gasteiger partial charge is 0.464 e.